The van der Waals surface area contributed by atoms with Crippen molar-refractivity contribution in [1.29, 1.82) is 0 Å². The molecule has 0 aromatic heterocycles. The van der Waals surface area contributed by atoms with E-state index in [1.54, 1.807) is 36.1 Å². The first-order valence-electron chi connectivity index (χ1n) is 9.81. The molecule has 11 heteroatoms. The van der Waals surface area contributed by atoms with Crippen LogP contribution in [0.25, 0.3) is 0 Å². The lowest BCUT2D eigenvalue weighted by Gasteiger charge is -2.16. The summed E-state index contributed by atoms with van der Waals surface area (Å²) in [5, 5.41) is 14.4. The van der Waals surface area contributed by atoms with Crippen LogP contribution in [0.5, 0.6) is 5.75 Å². The molecule has 2 heterocycles. The lowest BCUT2D eigenvalue weighted by Crippen LogP contribution is -2.23. The number of anilines is 2. The van der Waals surface area contributed by atoms with Crippen molar-refractivity contribution in [2.24, 2.45) is 5.10 Å². The van der Waals surface area contributed by atoms with Crippen molar-refractivity contribution in [2.75, 3.05) is 16.5 Å². The van der Waals surface area contributed by atoms with Gasteiger partial charge < -0.3 is 14.7 Å². The molecule has 2 aromatic rings. The number of rotatable bonds is 6. The summed E-state index contributed by atoms with van der Waals surface area (Å²) in [6, 6.07) is 12.3. The highest BCUT2D eigenvalue weighted by molar-refractivity contribution is 7.85. The highest BCUT2D eigenvalue weighted by Gasteiger charge is 2.30. The molecule has 0 atom stereocenters. The predicted octanol–water partition coefficient (Wildman–Crippen LogP) is 2.80. The maximum atomic E-state index is 12.9. The molecule has 4 rings (SSSR count). The summed E-state index contributed by atoms with van der Waals surface area (Å²) in [6.45, 7) is 1.84. The summed E-state index contributed by atoms with van der Waals surface area (Å²) in [5.41, 5.74) is 1.78. The summed E-state index contributed by atoms with van der Waals surface area (Å²) in [4.78, 5) is 25.4. The lowest BCUT2D eigenvalue weighted by molar-refractivity contribution is -0.136. The van der Waals surface area contributed by atoms with Crippen molar-refractivity contribution in [3.8, 4) is 5.75 Å². The number of hydrogen-bond donors (Lipinski definition) is 2. The molecule has 1 amide bonds. The van der Waals surface area contributed by atoms with Gasteiger partial charge in [-0.3, -0.25) is 14.1 Å². The Labute approximate surface area is 189 Å². The lowest BCUT2D eigenvalue weighted by atomic mass is 10.1. The number of para-hydroxylation sites is 2. The largest absolute Gasteiger partial charge is 0.481 e. The Morgan fingerprint density at radius 1 is 1.12 bits per heavy atom. The van der Waals surface area contributed by atoms with Crippen LogP contribution in [0.3, 0.4) is 0 Å². The molecule has 0 spiro atoms. The van der Waals surface area contributed by atoms with Crippen LogP contribution in [0.2, 0.25) is 0 Å². The second-order valence-corrected chi connectivity index (χ2v) is 8.64. The van der Waals surface area contributed by atoms with E-state index in [9.17, 15) is 18.0 Å². The van der Waals surface area contributed by atoms with Gasteiger partial charge in [0.15, 0.2) is 5.75 Å². The minimum atomic E-state index is -4.35. The Kier molecular flexibility index (Phi) is 5.75. The van der Waals surface area contributed by atoms with Gasteiger partial charge in [0.25, 0.3) is 16.0 Å². The van der Waals surface area contributed by atoms with Crippen molar-refractivity contribution in [2.45, 2.75) is 18.2 Å². The normalized spacial score (nSPS) is 18.0. The van der Waals surface area contributed by atoms with Gasteiger partial charge in [-0.25, -0.2) is 0 Å². The number of hydrogen-bond acceptors (Lipinski definition) is 7. The van der Waals surface area contributed by atoms with Gasteiger partial charge in [0.1, 0.15) is 0 Å². The second kappa shape index (κ2) is 8.52. The van der Waals surface area contributed by atoms with Crippen molar-refractivity contribution < 1.29 is 32.4 Å². The zero-order chi connectivity index (χ0) is 23.8. The van der Waals surface area contributed by atoms with E-state index in [1.165, 1.54) is 24.3 Å². The first-order chi connectivity index (χ1) is 15.6. The van der Waals surface area contributed by atoms with E-state index in [-0.39, 0.29) is 17.9 Å². The molecule has 0 aliphatic carbocycles. The van der Waals surface area contributed by atoms with E-state index in [4.69, 9.17) is 14.4 Å². The van der Waals surface area contributed by atoms with E-state index in [0.29, 0.717) is 28.6 Å². The molecule has 0 bridgehead atoms. The number of carbonyl (C=O) groups excluding carboxylic acids is 1. The van der Waals surface area contributed by atoms with Crippen molar-refractivity contribution >= 4 is 39.1 Å². The van der Waals surface area contributed by atoms with Gasteiger partial charge in [-0.2, -0.15) is 18.5 Å². The maximum Gasteiger partial charge on any atom is 0.305 e. The average molecular weight is 469 g/mol. The first-order valence-corrected chi connectivity index (χ1v) is 11.2. The average Bonchev–Trinajstić information content (AvgIpc) is 3.26. The van der Waals surface area contributed by atoms with Crippen LogP contribution in [-0.2, 0) is 19.7 Å². The molecule has 2 aliphatic heterocycles. The van der Waals surface area contributed by atoms with Gasteiger partial charge in [0.05, 0.1) is 34.0 Å². The number of carboxylic acids is 1. The number of allylic oxidation sites excluding steroid dienone is 2. The minimum Gasteiger partial charge on any atom is -0.481 e. The molecular formula is C22H19N3O7S. The van der Waals surface area contributed by atoms with Crippen LogP contribution in [0.15, 0.2) is 82.1 Å². The number of carboxylic acid groups (broad SMARTS) is 1. The van der Waals surface area contributed by atoms with E-state index in [2.05, 4.69) is 5.10 Å². The minimum absolute atomic E-state index is 0.0989. The van der Waals surface area contributed by atoms with Crippen molar-refractivity contribution in [1.82, 2.24) is 0 Å². The van der Waals surface area contributed by atoms with Crippen LogP contribution < -0.4 is 14.6 Å². The molecule has 0 saturated carbocycles. The van der Waals surface area contributed by atoms with E-state index in [1.807, 2.05) is 12.1 Å². The number of ether oxygens (including phenoxy) is 1. The van der Waals surface area contributed by atoms with Crippen molar-refractivity contribution in [3.63, 3.8) is 0 Å². The van der Waals surface area contributed by atoms with Crippen LogP contribution in [0.1, 0.15) is 13.3 Å². The highest BCUT2D eigenvalue weighted by atomic mass is 32.2. The Bertz CT molecular complexity index is 1330. The maximum absolute atomic E-state index is 12.9. The third kappa shape index (κ3) is 4.49. The number of amides is 1. The summed E-state index contributed by atoms with van der Waals surface area (Å²) < 4.78 is 37.4. The molecule has 2 aliphatic rings. The number of aliphatic carboxylic acids is 1. The SMILES string of the molecule is CC1=NN(c2ccc(S(=O)(=O)O)cc2)C(=O)/C1=C/C=C1/Oc2ccccc2N1CCC(=O)O. The standard InChI is InChI=1S/C22H19N3O7S/c1-14-17(22(28)25(23-14)15-6-8-16(9-7-15)33(29,30)31)10-11-20-24(13-12-21(26)27)18-4-2-3-5-19(18)32-20/h2-11H,12-13H2,1H3,(H,26,27)(H,29,30,31)/b17-10+,20-11+. The molecule has 2 aromatic carbocycles. The molecule has 0 fully saturated rings. The first kappa shape index (κ1) is 22.2. The zero-order valence-electron chi connectivity index (χ0n) is 17.4. The smallest absolute Gasteiger partial charge is 0.305 e. The predicted molar refractivity (Wildman–Crippen MR) is 120 cm³/mol. The van der Waals surface area contributed by atoms with E-state index < -0.39 is 22.0 Å². The number of nitrogens with zero attached hydrogens (tertiary/aromatic N) is 3. The van der Waals surface area contributed by atoms with E-state index in [0.717, 1.165) is 10.7 Å². The summed E-state index contributed by atoms with van der Waals surface area (Å²) in [5.74, 6) is -0.420. The number of benzene rings is 2. The molecule has 0 radical (unpaired) electrons. The van der Waals surface area contributed by atoms with Crippen LogP contribution in [0, 0.1) is 0 Å². The Morgan fingerprint density at radius 2 is 1.82 bits per heavy atom. The number of fused-ring (bicyclic) bond motifs is 1. The fourth-order valence-corrected chi connectivity index (χ4v) is 3.89. The third-order valence-corrected chi connectivity index (χ3v) is 5.89. The summed E-state index contributed by atoms with van der Waals surface area (Å²) in [7, 11) is -4.35. The number of carbonyl (C=O) groups is 2. The molecule has 170 valence electrons. The van der Waals surface area contributed by atoms with E-state index >= 15 is 0 Å². The molecular weight excluding hydrogens is 450 g/mol. The molecule has 0 unspecified atom stereocenters. The molecule has 33 heavy (non-hydrogen) atoms. The van der Waals surface area contributed by atoms with Crippen molar-refractivity contribution in [3.05, 3.63) is 72.1 Å². The molecule has 10 nitrogen and oxygen atoms in total. The topological polar surface area (TPSA) is 137 Å². The number of hydrazone groups is 1. The van der Waals surface area contributed by atoms with Gasteiger partial charge in [-0.05, 0) is 55.5 Å². The molecule has 0 saturated heterocycles. The van der Waals surface area contributed by atoms with Gasteiger partial charge in [0.2, 0.25) is 5.88 Å². The molecule has 2 N–H and O–H groups in total. The van der Waals surface area contributed by atoms with Gasteiger partial charge in [0, 0.05) is 6.54 Å². The fourth-order valence-electron chi connectivity index (χ4n) is 3.41. The summed E-state index contributed by atoms with van der Waals surface area (Å²) in [6.07, 6.45) is 3.03. The Balaban J connectivity index is 1.60. The van der Waals surface area contributed by atoms with Gasteiger partial charge in [-0.1, -0.05) is 12.1 Å². The Hall–Kier alpha value is -3.96. The van der Waals surface area contributed by atoms with Crippen LogP contribution in [0.4, 0.5) is 11.4 Å². The Morgan fingerprint density at radius 3 is 2.48 bits per heavy atom. The van der Waals surface area contributed by atoms with Gasteiger partial charge in [-0.15, -0.1) is 0 Å². The monoisotopic (exact) mass is 469 g/mol. The quantitative estimate of drug-likeness (QED) is 0.487. The fraction of sp³-hybridized carbons (Fsp3) is 0.136. The van der Waals surface area contributed by atoms with Gasteiger partial charge >= 0.3 is 5.97 Å². The third-order valence-electron chi connectivity index (χ3n) is 5.02. The van der Waals surface area contributed by atoms with Crippen LogP contribution in [-0.4, -0.2) is 42.2 Å². The second-order valence-electron chi connectivity index (χ2n) is 7.22. The summed E-state index contributed by atoms with van der Waals surface area (Å²) >= 11 is 0. The van der Waals surface area contributed by atoms with Crippen LogP contribution >= 0.6 is 0 Å². The highest BCUT2D eigenvalue weighted by Crippen LogP contribution is 2.38. The zero-order valence-corrected chi connectivity index (χ0v) is 18.2.